The molecule has 1 aliphatic rings. The second-order valence-electron chi connectivity index (χ2n) is 12.8. The number of aliphatic hydroxyl groups excluding tert-OH is 4. The Labute approximate surface area is 252 Å². The molecule has 0 bridgehead atoms. The average molecular weight is 596 g/mol. The smallest absolute Gasteiger partial charge is 0.404 e. The number of hydrogen-bond acceptors (Lipinski definition) is 8. The molecule has 1 saturated heterocycles. The second kappa shape index (κ2) is 17.8. The van der Waals surface area contributed by atoms with Crippen molar-refractivity contribution in [3.8, 4) is 0 Å². The van der Waals surface area contributed by atoms with E-state index in [1.165, 1.54) is 0 Å². The highest BCUT2D eigenvalue weighted by molar-refractivity contribution is 5.73. The van der Waals surface area contributed by atoms with Gasteiger partial charge in [-0.1, -0.05) is 71.4 Å². The summed E-state index contributed by atoms with van der Waals surface area (Å²) in [7, 11) is 0. The number of allylic oxidation sites excluding steroid dienone is 2. The zero-order chi connectivity index (χ0) is 32.3. The van der Waals surface area contributed by atoms with Crippen LogP contribution in [0.25, 0.3) is 0 Å². The molecular formula is C33H57NO8. The van der Waals surface area contributed by atoms with E-state index < -0.39 is 54.6 Å². The molecule has 9 nitrogen and oxygen atoms in total. The molecule has 1 aliphatic heterocycles. The van der Waals surface area contributed by atoms with E-state index in [2.05, 4.69) is 6.58 Å². The number of carbonyl (C=O) groups is 2. The Morgan fingerprint density at radius 1 is 1.05 bits per heavy atom. The van der Waals surface area contributed by atoms with Crippen molar-refractivity contribution in [1.82, 2.24) is 0 Å². The first-order chi connectivity index (χ1) is 19.5. The Morgan fingerprint density at radius 2 is 1.67 bits per heavy atom. The van der Waals surface area contributed by atoms with Crippen molar-refractivity contribution >= 4 is 12.1 Å². The van der Waals surface area contributed by atoms with Gasteiger partial charge in [-0.05, 0) is 44.9 Å². The van der Waals surface area contributed by atoms with E-state index in [0.29, 0.717) is 6.42 Å². The maximum absolute atomic E-state index is 12.0. The minimum Gasteiger partial charge on any atom is -0.462 e. The highest BCUT2D eigenvalue weighted by Gasteiger charge is 2.41. The number of ether oxygens (including phenoxy) is 2. The maximum Gasteiger partial charge on any atom is 0.404 e. The molecule has 9 heteroatoms. The lowest BCUT2D eigenvalue weighted by Gasteiger charge is -2.36. The number of esters is 1. The largest absolute Gasteiger partial charge is 0.462 e. The number of primary amides is 1. The normalized spacial score (nSPS) is 28.1. The molecule has 0 aliphatic carbocycles. The fourth-order valence-electron chi connectivity index (χ4n) is 6.03. The van der Waals surface area contributed by atoms with Crippen LogP contribution < -0.4 is 5.73 Å². The number of aliphatic hydroxyl groups is 4. The molecule has 242 valence electrons. The third-order valence-electron chi connectivity index (χ3n) is 8.94. The summed E-state index contributed by atoms with van der Waals surface area (Å²) in [5, 5.41) is 42.8. The first-order valence-corrected chi connectivity index (χ1v) is 15.4. The molecule has 1 amide bonds. The molecule has 0 saturated carbocycles. The number of carbonyl (C=O) groups excluding carboxylic acids is 2. The van der Waals surface area contributed by atoms with Crippen LogP contribution in [0.5, 0.6) is 0 Å². The van der Waals surface area contributed by atoms with Crippen LogP contribution in [0.2, 0.25) is 0 Å². The summed E-state index contributed by atoms with van der Waals surface area (Å²) in [4.78, 5) is 23.5. The minimum absolute atomic E-state index is 0.00333. The Morgan fingerprint density at radius 3 is 2.24 bits per heavy atom. The Bertz CT molecular complexity index is 920. The van der Waals surface area contributed by atoms with Crippen LogP contribution in [0.15, 0.2) is 36.5 Å². The first-order valence-electron chi connectivity index (χ1n) is 15.4. The van der Waals surface area contributed by atoms with Crippen LogP contribution >= 0.6 is 0 Å². The van der Waals surface area contributed by atoms with Gasteiger partial charge in [-0.3, -0.25) is 4.79 Å². The van der Waals surface area contributed by atoms with Gasteiger partial charge in [-0.2, -0.15) is 0 Å². The summed E-state index contributed by atoms with van der Waals surface area (Å²) in [5.74, 6) is -2.24. The number of amides is 1. The van der Waals surface area contributed by atoms with Gasteiger partial charge in [-0.25, -0.2) is 4.79 Å². The summed E-state index contributed by atoms with van der Waals surface area (Å²) < 4.78 is 10.8. The van der Waals surface area contributed by atoms with E-state index in [1.54, 1.807) is 26.0 Å². The number of rotatable bonds is 17. The van der Waals surface area contributed by atoms with Crippen molar-refractivity contribution in [3.05, 3.63) is 36.5 Å². The molecule has 0 aromatic rings. The lowest BCUT2D eigenvalue weighted by molar-refractivity contribution is -0.179. The van der Waals surface area contributed by atoms with Gasteiger partial charge in [0.1, 0.15) is 12.2 Å². The quantitative estimate of drug-likeness (QED) is 0.121. The molecule has 1 fully saturated rings. The van der Waals surface area contributed by atoms with E-state index in [4.69, 9.17) is 15.2 Å². The molecular weight excluding hydrogens is 538 g/mol. The fraction of sp³-hybridized carbons (Fsp3) is 0.758. The molecule has 13 atom stereocenters. The number of cyclic esters (lactones) is 1. The van der Waals surface area contributed by atoms with Crippen LogP contribution in [0.1, 0.15) is 81.1 Å². The minimum atomic E-state index is -0.890. The van der Waals surface area contributed by atoms with E-state index in [-0.39, 0.29) is 41.9 Å². The third kappa shape index (κ3) is 11.5. The van der Waals surface area contributed by atoms with Crippen molar-refractivity contribution in [2.24, 2.45) is 47.2 Å². The highest BCUT2D eigenvalue weighted by Crippen LogP contribution is 2.31. The van der Waals surface area contributed by atoms with Gasteiger partial charge in [0.25, 0.3) is 0 Å². The van der Waals surface area contributed by atoms with Gasteiger partial charge in [0.15, 0.2) is 0 Å². The Balaban J connectivity index is 2.74. The molecule has 1 heterocycles. The number of nitrogens with two attached hydrogens (primary N) is 1. The standard InChI is InChI=1S/C33H57NO8/c1-10-11-12-20(4)31(42-33(34)40)24(8)29(37)22(6)16-18(2)15-21(5)28(36)19(3)13-14-26(35)17-27-23(7)30(38)25(9)32(39)41-27/h10,13-15,19-31,35-38H,1,11-12,16-17H2,2-9H3,(H2,34,40)/b14-13-,18-15-/t19-,20-,21-,22-,23-,24-,25+,26+,27-,28-,29+,30-,31-/m0/s1. The van der Waals surface area contributed by atoms with Gasteiger partial charge in [0.2, 0.25) is 0 Å². The second-order valence-corrected chi connectivity index (χ2v) is 12.8. The SMILES string of the molecule is C=CCC[C@H](C)[C@H](OC(N)=O)[C@@H](C)[C@H](O)[C@@H](C)C/C(C)=C\[C@H](C)[C@@H](O)[C@@H](C)/C=C\[C@@H](O)C[C@@H]1OC(=O)[C@H](C)[C@@H](O)[C@H]1C. The molecule has 42 heavy (non-hydrogen) atoms. The van der Waals surface area contributed by atoms with Gasteiger partial charge in [0.05, 0.1) is 30.3 Å². The van der Waals surface area contributed by atoms with Gasteiger partial charge >= 0.3 is 12.1 Å². The first kappa shape index (κ1) is 37.8. The summed E-state index contributed by atoms with van der Waals surface area (Å²) in [6, 6.07) is 0. The Hall–Kier alpha value is -2.20. The number of hydrogen-bond donors (Lipinski definition) is 5. The molecule has 0 radical (unpaired) electrons. The van der Waals surface area contributed by atoms with E-state index in [1.807, 2.05) is 53.7 Å². The Kier molecular flexibility index (Phi) is 16.0. The zero-order valence-corrected chi connectivity index (χ0v) is 26.8. The van der Waals surface area contributed by atoms with Crippen molar-refractivity contribution in [1.29, 1.82) is 0 Å². The third-order valence-corrected chi connectivity index (χ3v) is 8.94. The highest BCUT2D eigenvalue weighted by atomic mass is 16.6. The fourth-order valence-corrected chi connectivity index (χ4v) is 6.03. The maximum atomic E-state index is 12.0. The molecule has 0 spiro atoms. The van der Waals surface area contributed by atoms with Crippen LogP contribution in [0, 0.1) is 41.4 Å². The monoisotopic (exact) mass is 595 g/mol. The molecule has 0 unspecified atom stereocenters. The lowest BCUT2D eigenvalue weighted by Crippen LogP contribution is -2.47. The summed E-state index contributed by atoms with van der Waals surface area (Å²) in [5.41, 5.74) is 6.34. The van der Waals surface area contributed by atoms with E-state index in [0.717, 1.165) is 18.4 Å². The van der Waals surface area contributed by atoms with Crippen LogP contribution in [0.3, 0.4) is 0 Å². The lowest BCUT2D eigenvalue weighted by atomic mass is 9.80. The zero-order valence-electron chi connectivity index (χ0n) is 26.8. The van der Waals surface area contributed by atoms with Gasteiger partial charge in [0, 0.05) is 30.1 Å². The average Bonchev–Trinajstić information content (AvgIpc) is 2.93. The molecule has 0 aromatic carbocycles. The van der Waals surface area contributed by atoms with E-state index >= 15 is 0 Å². The summed E-state index contributed by atoms with van der Waals surface area (Å²) in [6.07, 6.45) is 4.35. The van der Waals surface area contributed by atoms with Crippen molar-refractivity contribution in [2.75, 3.05) is 0 Å². The van der Waals surface area contributed by atoms with Crippen molar-refractivity contribution < 1.29 is 39.5 Å². The predicted molar refractivity (Wildman–Crippen MR) is 164 cm³/mol. The van der Waals surface area contributed by atoms with Gasteiger partial charge < -0.3 is 35.6 Å². The van der Waals surface area contributed by atoms with Crippen LogP contribution in [0.4, 0.5) is 4.79 Å². The molecule has 6 N–H and O–H groups in total. The van der Waals surface area contributed by atoms with Crippen LogP contribution in [-0.4, -0.2) is 69.1 Å². The van der Waals surface area contributed by atoms with Gasteiger partial charge in [-0.15, -0.1) is 6.58 Å². The van der Waals surface area contributed by atoms with Crippen molar-refractivity contribution in [2.45, 2.75) is 118 Å². The summed E-state index contributed by atoms with van der Waals surface area (Å²) >= 11 is 0. The van der Waals surface area contributed by atoms with Crippen LogP contribution in [-0.2, 0) is 14.3 Å². The summed E-state index contributed by atoms with van der Waals surface area (Å²) in [6.45, 7) is 18.7. The topological polar surface area (TPSA) is 160 Å². The van der Waals surface area contributed by atoms with Crippen molar-refractivity contribution in [3.63, 3.8) is 0 Å². The van der Waals surface area contributed by atoms with E-state index in [9.17, 15) is 30.0 Å². The predicted octanol–water partition coefficient (Wildman–Crippen LogP) is 4.52. The molecule has 1 rings (SSSR count). The molecule has 0 aromatic heterocycles.